The van der Waals surface area contributed by atoms with Crippen LogP contribution in [0.1, 0.15) is 30.1 Å². The molecule has 1 atom stereocenters. The molecule has 1 aliphatic rings. The van der Waals surface area contributed by atoms with Crippen molar-refractivity contribution in [1.29, 1.82) is 5.41 Å². The van der Waals surface area contributed by atoms with Crippen LogP contribution in [0.5, 0.6) is 0 Å². The molecule has 1 aromatic carbocycles. The van der Waals surface area contributed by atoms with Crippen LogP contribution in [0.2, 0.25) is 0 Å². The number of nitrogens with two attached hydrogens (primary N) is 1. The van der Waals surface area contributed by atoms with E-state index in [1.807, 2.05) is 0 Å². The van der Waals surface area contributed by atoms with Crippen LogP contribution in [0.3, 0.4) is 0 Å². The second kappa shape index (κ2) is 7.78. The molecule has 1 aromatic rings. The Bertz CT molecular complexity index is 617. The number of amidine groups is 1. The Morgan fingerprint density at radius 1 is 1.25 bits per heavy atom. The summed E-state index contributed by atoms with van der Waals surface area (Å²) in [5.41, 5.74) is 6.62. The zero-order chi connectivity index (χ0) is 17.7. The van der Waals surface area contributed by atoms with Crippen molar-refractivity contribution < 1.29 is 19.8 Å². The first-order valence-corrected chi connectivity index (χ1v) is 7.76. The summed E-state index contributed by atoms with van der Waals surface area (Å²) in [5, 5.41) is 26.3. The number of benzene rings is 1. The van der Waals surface area contributed by atoms with Gasteiger partial charge in [-0.3, -0.25) is 10.2 Å². The molecule has 8 heteroatoms. The number of amides is 2. The lowest BCUT2D eigenvalue weighted by molar-refractivity contribution is -0.137. The van der Waals surface area contributed by atoms with Crippen molar-refractivity contribution in [3.63, 3.8) is 0 Å². The summed E-state index contributed by atoms with van der Waals surface area (Å²) in [6.45, 7) is 1.63. The number of carboxylic acids is 1. The fraction of sp³-hybridized carbons (Fsp3) is 0.438. The minimum absolute atomic E-state index is 0.0366. The van der Waals surface area contributed by atoms with Gasteiger partial charge in [0.05, 0.1) is 12.6 Å². The Morgan fingerprint density at radius 3 is 2.46 bits per heavy atom. The van der Waals surface area contributed by atoms with Gasteiger partial charge in [-0.05, 0) is 12.0 Å². The van der Waals surface area contributed by atoms with Crippen LogP contribution in [0.15, 0.2) is 24.3 Å². The zero-order valence-corrected chi connectivity index (χ0v) is 13.3. The van der Waals surface area contributed by atoms with Gasteiger partial charge in [0.25, 0.3) is 0 Å². The van der Waals surface area contributed by atoms with E-state index in [4.69, 9.17) is 16.2 Å². The van der Waals surface area contributed by atoms with Crippen molar-refractivity contribution in [2.75, 3.05) is 26.2 Å². The molecule has 0 spiro atoms. The van der Waals surface area contributed by atoms with E-state index in [1.54, 1.807) is 34.1 Å². The number of urea groups is 1. The van der Waals surface area contributed by atoms with E-state index in [0.717, 1.165) is 0 Å². The molecule has 5 N–H and O–H groups in total. The predicted molar refractivity (Wildman–Crippen MR) is 87.8 cm³/mol. The fourth-order valence-corrected chi connectivity index (χ4v) is 2.63. The molecule has 2 rings (SSSR count). The molecule has 1 unspecified atom stereocenters. The molecule has 2 amide bonds. The number of aliphatic hydroxyl groups excluding tert-OH is 1. The summed E-state index contributed by atoms with van der Waals surface area (Å²) in [7, 11) is 0. The Balaban J connectivity index is 1.87. The van der Waals surface area contributed by atoms with Crippen molar-refractivity contribution in [3.05, 3.63) is 35.4 Å². The monoisotopic (exact) mass is 334 g/mol. The largest absolute Gasteiger partial charge is 0.481 e. The number of nitrogen functional groups attached to an aromatic ring is 1. The summed E-state index contributed by atoms with van der Waals surface area (Å²) in [4.78, 5) is 25.9. The average molecular weight is 334 g/mol. The second-order valence-corrected chi connectivity index (χ2v) is 5.76. The Labute approximate surface area is 140 Å². The summed E-state index contributed by atoms with van der Waals surface area (Å²) in [5.74, 6) is -0.911. The first-order valence-electron chi connectivity index (χ1n) is 7.76. The number of nitrogens with one attached hydrogen (secondary N) is 1. The third-order valence-corrected chi connectivity index (χ3v) is 4.00. The minimum atomic E-state index is -0.872. The van der Waals surface area contributed by atoms with Gasteiger partial charge in [-0.2, -0.15) is 0 Å². The molecule has 0 radical (unpaired) electrons. The first kappa shape index (κ1) is 17.7. The third kappa shape index (κ3) is 4.45. The van der Waals surface area contributed by atoms with Crippen LogP contribution < -0.4 is 5.73 Å². The van der Waals surface area contributed by atoms with Crippen LogP contribution in [0, 0.1) is 5.41 Å². The lowest BCUT2D eigenvalue weighted by Crippen LogP contribution is -2.35. The molecule has 0 saturated carbocycles. The number of hydrogen-bond acceptors (Lipinski definition) is 4. The lowest BCUT2D eigenvalue weighted by Gasteiger charge is -2.21. The number of aliphatic hydroxyl groups is 1. The van der Waals surface area contributed by atoms with Crippen molar-refractivity contribution in [2.45, 2.75) is 18.9 Å². The molecule has 0 aromatic heterocycles. The van der Waals surface area contributed by atoms with Crippen LogP contribution in [0.25, 0.3) is 0 Å². The fourth-order valence-electron chi connectivity index (χ4n) is 2.63. The number of carbonyl (C=O) groups is 2. The van der Waals surface area contributed by atoms with Gasteiger partial charge in [0.15, 0.2) is 0 Å². The van der Waals surface area contributed by atoms with E-state index < -0.39 is 12.1 Å². The minimum Gasteiger partial charge on any atom is -0.481 e. The van der Waals surface area contributed by atoms with Crippen LogP contribution in [-0.2, 0) is 4.79 Å². The lowest BCUT2D eigenvalue weighted by atomic mass is 10.1. The van der Waals surface area contributed by atoms with Gasteiger partial charge in [-0.15, -0.1) is 0 Å². The third-order valence-electron chi connectivity index (χ3n) is 4.00. The molecule has 1 aliphatic heterocycles. The van der Waals surface area contributed by atoms with Crippen molar-refractivity contribution in [2.24, 2.45) is 5.73 Å². The molecule has 8 nitrogen and oxygen atoms in total. The predicted octanol–water partition coefficient (Wildman–Crippen LogP) is 0.606. The molecule has 1 fully saturated rings. The van der Waals surface area contributed by atoms with E-state index in [1.165, 1.54) is 0 Å². The Morgan fingerprint density at radius 2 is 1.88 bits per heavy atom. The summed E-state index contributed by atoms with van der Waals surface area (Å²) >= 11 is 0. The van der Waals surface area contributed by atoms with Gasteiger partial charge >= 0.3 is 12.0 Å². The highest BCUT2D eigenvalue weighted by atomic mass is 16.4. The van der Waals surface area contributed by atoms with E-state index in [9.17, 15) is 14.7 Å². The molecular weight excluding hydrogens is 312 g/mol. The topological polar surface area (TPSA) is 131 Å². The van der Waals surface area contributed by atoms with Gasteiger partial charge in [0, 0.05) is 31.6 Å². The van der Waals surface area contributed by atoms with E-state index in [2.05, 4.69) is 0 Å². The van der Waals surface area contributed by atoms with Crippen LogP contribution in [0.4, 0.5) is 4.79 Å². The van der Waals surface area contributed by atoms with E-state index in [-0.39, 0.29) is 24.8 Å². The maximum absolute atomic E-state index is 12.2. The highest BCUT2D eigenvalue weighted by Crippen LogP contribution is 2.18. The van der Waals surface area contributed by atoms with Crippen LogP contribution >= 0.6 is 0 Å². The number of aliphatic carboxylic acids is 1. The molecule has 0 bridgehead atoms. The quantitative estimate of drug-likeness (QED) is 0.408. The van der Waals surface area contributed by atoms with Crippen molar-refractivity contribution >= 4 is 17.8 Å². The number of hydrogen-bond donors (Lipinski definition) is 4. The molecule has 1 heterocycles. The average Bonchev–Trinajstić information content (AvgIpc) is 2.88. The standard InChI is InChI=1S/C16H22N4O4/c17-15(18)12-5-3-11(4-6-12)13(21)10-20-9-8-19(16(20)24)7-1-2-14(22)23/h3-6,13,21H,1-2,7-10H2,(H3,17,18)(H,22,23). The maximum atomic E-state index is 12.2. The smallest absolute Gasteiger partial charge is 0.320 e. The number of rotatable bonds is 8. The second-order valence-electron chi connectivity index (χ2n) is 5.76. The van der Waals surface area contributed by atoms with Gasteiger partial charge in [0.2, 0.25) is 0 Å². The van der Waals surface area contributed by atoms with Crippen molar-refractivity contribution in [1.82, 2.24) is 9.80 Å². The highest BCUT2D eigenvalue weighted by Gasteiger charge is 2.29. The Hall–Kier alpha value is -2.61. The normalized spacial score (nSPS) is 15.6. The van der Waals surface area contributed by atoms with E-state index >= 15 is 0 Å². The molecular formula is C16H22N4O4. The van der Waals surface area contributed by atoms with Gasteiger partial charge in [0.1, 0.15) is 5.84 Å². The van der Waals surface area contributed by atoms with E-state index in [0.29, 0.717) is 37.2 Å². The number of carbonyl (C=O) groups excluding carboxylic acids is 1. The van der Waals surface area contributed by atoms with Crippen molar-refractivity contribution in [3.8, 4) is 0 Å². The summed E-state index contributed by atoms with van der Waals surface area (Å²) < 4.78 is 0. The summed E-state index contributed by atoms with van der Waals surface area (Å²) in [6, 6.07) is 6.51. The maximum Gasteiger partial charge on any atom is 0.320 e. The molecule has 130 valence electrons. The molecule has 0 aliphatic carbocycles. The van der Waals surface area contributed by atoms with Gasteiger partial charge in [-0.1, -0.05) is 24.3 Å². The van der Waals surface area contributed by atoms with Gasteiger partial charge < -0.3 is 25.7 Å². The highest BCUT2D eigenvalue weighted by molar-refractivity contribution is 5.94. The van der Waals surface area contributed by atoms with Crippen LogP contribution in [-0.4, -0.2) is 64.0 Å². The first-order chi connectivity index (χ1) is 11.4. The SMILES string of the molecule is N=C(N)c1ccc(C(O)CN2CCN(CCCC(=O)O)C2=O)cc1. The summed E-state index contributed by atoms with van der Waals surface area (Å²) in [6.07, 6.45) is -0.368. The zero-order valence-electron chi connectivity index (χ0n) is 13.3. The number of nitrogens with zero attached hydrogens (tertiary/aromatic N) is 2. The number of β-amino-alcohol motifs (C(OH)–C–C–N with tert-alkyl or cyclic N) is 1. The molecule has 1 saturated heterocycles. The number of carboxylic acid groups (broad SMARTS) is 1. The molecule has 24 heavy (non-hydrogen) atoms. The Kier molecular flexibility index (Phi) is 5.75. The van der Waals surface area contributed by atoms with Gasteiger partial charge in [-0.25, -0.2) is 4.79 Å².